The van der Waals surface area contributed by atoms with Crippen molar-refractivity contribution in [1.82, 2.24) is 0 Å². The van der Waals surface area contributed by atoms with Crippen LogP contribution in [-0.4, -0.2) is 0 Å². The van der Waals surface area contributed by atoms with Crippen molar-refractivity contribution in [2.24, 2.45) is 5.73 Å². The van der Waals surface area contributed by atoms with Crippen molar-refractivity contribution in [1.29, 1.82) is 0 Å². The molecule has 0 saturated carbocycles. The molecule has 0 saturated heterocycles. The van der Waals surface area contributed by atoms with Crippen LogP contribution in [0.25, 0.3) is 0 Å². The Labute approximate surface area is 116 Å². The molecule has 0 amide bonds. The van der Waals surface area contributed by atoms with Gasteiger partial charge in [-0.15, -0.1) is 0 Å². The Bertz CT molecular complexity index is 599. The molecule has 2 rings (SSSR count). The summed E-state index contributed by atoms with van der Waals surface area (Å²) < 4.78 is 27.0. The smallest absolute Gasteiger partial charge is 0.128 e. The van der Waals surface area contributed by atoms with Gasteiger partial charge in [-0.05, 0) is 48.7 Å². The van der Waals surface area contributed by atoms with Gasteiger partial charge < -0.3 is 5.73 Å². The summed E-state index contributed by atoms with van der Waals surface area (Å²) in [6.07, 6.45) is 0.288. The van der Waals surface area contributed by atoms with Crippen LogP contribution in [0.1, 0.15) is 22.7 Å². The molecule has 1 unspecified atom stereocenters. The molecule has 0 aliphatic rings. The normalized spacial score (nSPS) is 12.5. The molecular weight excluding hydrogens is 268 g/mol. The second-order valence-corrected chi connectivity index (χ2v) is 4.98. The summed E-state index contributed by atoms with van der Waals surface area (Å²) in [4.78, 5) is 0. The Morgan fingerprint density at radius 2 is 1.89 bits per heavy atom. The highest BCUT2D eigenvalue weighted by atomic mass is 35.5. The molecule has 4 heteroatoms. The molecule has 2 aromatic rings. The lowest BCUT2D eigenvalue weighted by Gasteiger charge is -2.14. The third kappa shape index (κ3) is 3.31. The van der Waals surface area contributed by atoms with Gasteiger partial charge in [-0.2, -0.15) is 0 Å². The molecule has 0 radical (unpaired) electrons. The summed E-state index contributed by atoms with van der Waals surface area (Å²) in [6.45, 7) is 1.81. The number of rotatable bonds is 3. The predicted molar refractivity (Wildman–Crippen MR) is 73.2 cm³/mol. The van der Waals surface area contributed by atoms with Gasteiger partial charge in [0.15, 0.2) is 0 Å². The van der Waals surface area contributed by atoms with Gasteiger partial charge in [0, 0.05) is 16.6 Å². The highest BCUT2D eigenvalue weighted by Crippen LogP contribution is 2.24. The summed E-state index contributed by atoms with van der Waals surface area (Å²) in [6, 6.07) is 8.42. The Kier molecular flexibility index (Phi) is 4.17. The van der Waals surface area contributed by atoms with Crippen molar-refractivity contribution in [2.75, 3.05) is 0 Å². The first-order valence-electron chi connectivity index (χ1n) is 5.93. The van der Waals surface area contributed by atoms with Crippen LogP contribution >= 0.6 is 11.6 Å². The fourth-order valence-electron chi connectivity index (χ4n) is 1.98. The van der Waals surface area contributed by atoms with Crippen molar-refractivity contribution < 1.29 is 8.78 Å². The number of hydrogen-bond donors (Lipinski definition) is 1. The fourth-order valence-corrected chi connectivity index (χ4v) is 2.17. The number of nitrogens with two attached hydrogens (primary N) is 1. The topological polar surface area (TPSA) is 26.0 Å². The molecule has 19 heavy (non-hydrogen) atoms. The van der Waals surface area contributed by atoms with Crippen molar-refractivity contribution in [3.63, 3.8) is 0 Å². The van der Waals surface area contributed by atoms with E-state index in [4.69, 9.17) is 17.3 Å². The molecule has 2 aromatic carbocycles. The highest BCUT2D eigenvalue weighted by molar-refractivity contribution is 6.31. The van der Waals surface area contributed by atoms with Gasteiger partial charge in [-0.3, -0.25) is 0 Å². The Balaban J connectivity index is 2.25. The third-order valence-electron chi connectivity index (χ3n) is 3.00. The average molecular weight is 282 g/mol. The Morgan fingerprint density at radius 3 is 2.58 bits per heavy atom. The van der Waals surface area contributed by atoms with Gasteiger partial charge in [-0.1, -0.05) is 23.7 Å². The maximum absolute atomic E-state index is 13.8. The van der Waals surface area contributed by atoms with E-state index in [2.05, 4.69) is 0 Å². The highest BCUT2D eigenvalue weighted by Gasteiger charge is 2.14. The summed E-state index contributed by atoms with van der Waals surface area (Å²) in [5, 5.41) is 0.435. The van der Waals surface area contributed by atoms with Gasteiger partial charge in [0.05, 0.1) is 0 Å². The number of hydrogen-bond acceptors (Lipinski definition) is 1. The molecule has 0 aromatic heterocycles. The first-order chi connectivity index (χ1) is 8.97. The van der Waals surface area contributed by atoms with E-state index in [1.54, 1.807) is 12.1 Å². The molecule has 1 atom stereocenters. The van der Waals surface area contributed by atoms with E-state index in [1.807, 2.05) is 6.92 Å². The molecule has 0 aliphatic heterocycles. The minimum absolute atomic E-state index is 0.288. The first-order valence-corrected chi connectivity index (χ1v) is 6.30. The lowest BCUT2D eigenvalue weighted by molar-refractivity contribution is 0.577. The Hall–Kier alpha value is -1.45. The second-order valence-electron chi connectivity index (χ2n) is 4.57. The molecule has 0 spiro atoms. The Morgan fingerprint density at radius 1 is 1.16 bits per heavy atom. The van der Waals surface area contributed by atoms with Gasteiger partial charge in [0.2, 0.25) is 0 Å². The SMILES string of the molecule is Cc1ccc(C(N)Cc2cc(F)ccc2Cl)c(F)c1. The minimum atomic E-state index is -0.556. The molecule has 0 heterocycles. The summed E-state index contributed by atoms with van der Waals surface area (Å²) >= 11 is 5.98. The molecule has 0 aliphatic carbocycles. The van der Waals surface area contributed by atoms with Crippen LogP contribution in [0.3, 0.4) is 0 Å². The zero-order valence-corrected chi connectivity index (χ0v) is 11.2. The quantitative estimate of drug-likeness (QED) is 0.898. The zero-order valence-electron chi connectivity index (χ0n) is 10.5. The van der Waals surface area contributed by atoms with E-state index in [-0.39, 0.29) is 18.1 Å². The van der Waals surface area contributed by atoms with E-state index >= 15 is 0 Å². The van der Waals surface area contributed by atoms with Crippen LogP contribution in [0, 0.1) is 18.6 Å². The molecule has 1 nitrogen and oxygen atoms in total. The zero-order chi connectivity index (χ0) is 14.0. The van der Waals surface area contributed by atoms with Crippen molar-refractivity contribution in [2.45, 2.75) is 19.4 Å². The third-order valence-corrected chi connectivity index (χ3v) is 3.37. The number of benzene rings is 2. The molecule has 2 N–H and O–H groups in total. The first kappa shape index (κ1) is 14.0. The van der Waals surface area contributed by atoms with E-state index in [9.17, 15) is 8.78 Å². The predicted octanol–water partition coefficient (Wildman–Crippen LogP) is 4.17. The van der Waals surface area contributed by atoms with Crippen LogP contribution in [0.5, 0.6) is 0 Å². The lowest BCUT2D eigenvalue weighted by Crippen LogP contribution is -2.15. The van der Waals surface area contributed by atoms with E-state index in [1.165, 1.54) is 24.3 Å². The van der Waals surface area contributed by atoms with E-state index in [0.717, 1.165) is 5.56 Å². The minimum Gasteiger partial charge on any atom is -0.324 e. The maximum Gasteiger partial charge on any atom is 0.128 e. The van der Waals surface area contributed by atoms with Gasteiger partial charge >= 0.3 is 0 Å². The van der Waals surface area contributed by atoms with Crippen molar-refractivity contribution in [3.8, 4) is 0 Å². The van der Waals surface area contributed by atoms with Crippen molar-refractivity contribution in [3.05, 3.63) is 69.7 Å². The second kappa shape index (κ2) is 5.68. The van der Waals surface area contributed by atoms with Crippen molar-refractivity contribution >= 4 is 11.6 Å². The monoisotopic (exact) mass is 281 g/mol. The van der Waals surface area contributed by atoms with Gasteiger partial charge in [0.25, 0.3) is 0 Å². The fraction of sp³-hybridized carbons (Fsp3) is 0.200. The van der Waals surface area contributed by atoms with Crippen LogP contribution in [0.4, 0.5) is 8.78 Å². The summed E-state index contributed by atoms with van der Waals surface area (Å²) in [7, 11) is 0. The lowest BCUT2D eigenvalue weighted by atomic mass is 9.98. The van der Waals surface area contributed by atoms with E-state index < -0.39 is 6.04 Å². The molecule has 0 bridgehead atoms. The molecule has 0 fully saturated rings. The number of halogens is 3. The van der Waals surface area contributed by atoms with Gasteiger partial charge in [0.1, 0.15) is 11.6 Å². The largest absolute Gasteiger partial charge is 0.324 e. The van der Waals surface area contributed by atoms with Gasteiger partial charge in [-0.25, -0.2) is 8.78 Å². The molecular formula is C15H14ClF2N. The summed E-state index contributed by atoms with van der Waals surface area (Å²) in [5.74, 6) is -0.726. The van der Waals surface area contributed by atoms with E-state index in [0.29, 0.717) is 16.1 Å². The standard InChI is InChI=1S/C15H14ClF2N/c1-9-2-4-12(14(18)6-9)15(19)8-10-7-11(17)3-5-13(10)16/h2-7,15H,8,19H2,1H3. The van der Waals surface area contributed by atoms with Crippen LogP contribution in [0.15, 0.2) is 36.4 Å². The van der Waals surface area contributed by atoms with Crippen LogP contribution in [0.2, 0.25) is 5.02 Å². The van der Waals surface area contributed by atoms with Crippen LogP contribution in [-0.2, 0) is 6.42 Å². The maximum atomic E-state index is 13.8. The molecule has 100 valence electrons. The average Bonchev–Trinajstić information content (AvgIpc) is 2.33. The van der Waals surface area contributed by atoms with Crippen LogP contribution < -0.4 is 5.73 Å². The number of aryl methyl sites for hydroxylation is 1. The summed E-state index contributed by atoms with van der Waals surface area (Å²) in [5.41, 5.74) is 7.79.